The Morgan fingerprint density at radius 1 is 1.03 bits per heavy atom. The van der Waals surface area contributed by atoms with E-state index in [1.54, 1.807) is 18.2 Å². The highest BCUT2D eigenvalue weighted by molar-refractivity contribution is 7.88. The number of amides is 2. The second kappa shape index (κ2) is 12.4. The van der Waals surface area contributed by atoms with Crippen LogP contribution < -0.4 is 15.4 Å². The van der Waals surface area contributed by atoms with Gasteiger partial charge in [0, 0.05) is 39.3 Å². The van der Waals surface area contributed by atoms with Crippen molar-refractivity contribution in [3.05, 3.63) is 63.1 Å². The third kappa shape index (κ3) is 9.24. The van der Waals surface area contributed by atoms with Crippen molar-refractivity contribution in [1.29, 1.82) is 0 Å². The summed E-state index contributed by atoms with van der Waals surface area (Å²) in [4.78, 5) is 14.8. The first-order valence-electron chi connectivity index (χ1n) is 11.0. The third-order valence-corrected chi connectivity index (χ3v) is 7.18. The number of benzene rings is 2. The highest BCUT2D eigenvalue weighted by Gasteiger charge is 2.23. The van der Waals surface area contributed by atoms with Crippen LogP contribution in [-0.2, 0) is 10.0 Å². The summed E-state index contributed by atoms with van der Waals surface area (Å²) in [5.74, 6) is 0.0813. The summed E-state index contributed by atoms with van der Waals surface area (Å²) in [5, 5.41) is 7.24. The molecule has 7 nitrogen and oxygen atoms in total. The van der Waals surface area contributed by atoms with Crippen molar-refractivity contribution in [2.24, 2.45) is 0 Å². The van der Waals surface area contributed by atoms with E-state index in [-0.39, 0.29) is 18.0 Å². The molecule has 0 radical (unpaired) electrons. The van der Waals surface area contributed by atoms with E-state index in [9.17, 15) is 13.2 Å². The number of halogens is 3. The summed E-state index contributed by atoms with van der Waals surface area (Å²) in [6.45, 7) is 2.92. The van der Waals surface area contributed by atoms with Crippen molar-refractivity contribution in [3.63, 3.8) is 0 Å². The number of nitrogens with zero attached hydrogens (tertiary/aromatic N) is 1. The van der Waals surface area contributed by atoms with E-state index in [1.165, 1.54) is 6.26 Å². The van der Waals surface area contributed by atoms with Crippen LogP contribution in [0.25, 0.3) is 0 Å². The van der Waals surface area contributed by atoms with Crippen LogP contribution in [0.2, 0.25) is 15.1 Å². The quantitative estimate of drug-likeness (QED) is 0.414. The largest absolute Gasteiger partial charge is 0.337 e. The number of rotatable bonds is 9. The molecule has 34 heavy (non-hydrogen) atoms. The summed E-state index contributed by atoms with van der Waals surface area (Å²) >= 11 is 18.1. The maximum absolute atomic E-state index is 12.5. The minimum Gasteiger partial charge on any atom is -0.337 e. The van der Waals surface area contributed by atoms with E-state index in [0.717, 1.165) is 44.5 Å². The van der Waals surface area contributed by atoms with Crippen molar-refractivity contribution in [2.75, 3.05) is 37.8 Å². The average molecular weight is 548 g/mol. The van der Waals surface area contributed by atoms with Gasteiger partial charge < -0.3 is 15.5 Å². The maximum Gasteiger partial charge on any atom is 0.319 e. The highest BCUT2D eigenvalue weighted by Crippen LogP contribution is 2.24. The molecule has 1 atom stereocenters. The Kier molecular flexibility index (Phi) is 9.88. The fourth-order valence-electron chi connectivity index (χ4n) is 4.05. The fraction of sp³-hybridized carbons (Fsp3) is 0.435. The van der Waals surface area contributed by atoms with Gasteiger partial charge in [0.05, 0.1) is 6.26 Å². The Morgan fingerprint density at radius 2 is 1.65 bits per heavy atom. The number of likely N-dealkylation sites (tertiary alicyclic amines) is 1. The molecule has 186 valence electrons. The molecule has 0 spiro atoms. The number of nitrogens with one attached hydrogen (secondary N) is 3. The zero-order valence-corrected chi connectivity index (χ0v) is 21.9. The van der Waals surface area contributed by atoms with Crippen molar-refractivity contribution in [3.8, 4) is 0 Å². The standard InChI is InChI=1S/C23H29Cl3N4O3S/c1-34(32,33)29-21-7-10-30(11-8-21)9-6-17(16-2-4-18(24)5-3-16)15-27-23(31)28-22-13-19(25)12-20(26)14-22/h2-5,12-14,17,21,29H,6-11,15H2,1H3,(H2,27,28,31). The molecular weight excluding hydrogens is 519 g/mol. The maximum atomic E-state index is 12.5. The lowest BCUT2D eigenvalue weighted by molar-refractivity contribution is 0.200. The van der Waals surface area contributed by atoms with Crippen LogP contribution in [-0.4, -0.2) is 57.8 Å². The molecule has 2 amide bonds. The van der Waals surface area contributed by atoms with Gasteiger partial charge in [-0.05, 0) is 74.8 Å². The Balaban J connectivity index is 1.55. The van der Waals surface area contributed by atoms with Gasteiger partial charge in [-0.25, -0.2) is 17.9 Å². The monoisotopic (exact) mass is 546 g/mol. The molecule has 3 N–H and O–H groups in total. The van der Waals surface area contributed by atoms with Crippen LogP contribution in [0.1, 0.15) is 30.7 Å². The number of carbonyl (C=O) groups excluding carboxylic acids is 1. The SMILES string of the molecule is CS(=O)(=O)NC1CCN(CCC(CNC(=O)Nc2cc(Cl)cc(Cl)c2)c2ccc(Cl)cc2)CC1. The van der Waals surface area contributed by atoms with Gasteiger partial charge in [0.2, 0.25) is 10.0 Å². The second-order valence-corrected chi connectivity index (χ2v) is 11.6. The first-order valence-corrected chi connectivity index (χ1v) is 14.1. The summed E-state index contributed by atoms with van der Waals surface area (Å²) in [5.41, 5.74) is 1.60. The van der Waals surface area contributed by atoms with E-state index in [4.69, 9.17) is 34.8 Å². The smallest absolute Gasteiger partial charge is 0.319 e. The van der Waals surface area contributed by atoms with Crippen LogP contribution in [0.3, 0.4) is 0 Å². The summed E-state index contributed by atoms with van der Waals surface area (Å²) in [6, 6.07) is 12.2. The highest BCUT2D eigenvalue weighted by atomic mass is 35.5. The van der Waals surface area contributed by atoms with Crippen molar-refractivity contribution < 1.29 is 13.2 Å². The van der Waals surface area contributed by atoms with Gasteiger partial charge >= 0.3 is 6.03 Å². The number of hydrogen-bond acceptors (Lipinski definition) is 4. The third-order valence-electron chi connectivity index (χ3n) is 5.73. The Morgan fingerprint density at radius 3 is 2.24 bits per heavy atom. The number of anilines is 1. The number of hydrogen-bond donors (Lipinski definition) is 3. The molecule has 1 saturated heterocycles. The fourth-order valence-corrected chi connectivity index (χ4v) is 5.55. The van der Waals surface area contributed by atoms with Crippen LogP contribution >= 0.6 is 34.8 Å². The molecule has 0 aromatic heterocycles. The number of carbonyl (C=O) groups is 1. The number of urea groups is 1. The van der Waals surface area contributed by atoms with Gasteiger partial charge in [-0.1, -0.05) is 46.9 Å². The average Bonchev–Trinajstić information content (AvgIpc) is 2.74. The van der Waals surface area contributed by atoms with E-state index in [2.05, 4.69) is 20.3 Å². The molecule has 0 bridgehead atoms. The molecule has 1 heterocycles. The zero-order valence-electron chi connectivity index (χ0n) is 18.9. The van der Waals surface area contributed by atoms with Crippen molar-refractivity contribution in [1.82, 2.24) is 14.9 Å². The molecule has 2 aromatic rings. The van der Waals surface area contributed by atoms with Crippen molar-refractivity contribution in [2.45, 2.75) is 31.2 Å². The van der Waals surface area contributed by atoms with Crippen LogP contribution in [0.4, 0.5) is 10.5 Å². The molecule has 0 saturated carbocycles. The molecule has 11 heteroatoms. The van der Waals surface area contributed by atoms with Crippen LogP contribution in [0.5, 0.6) is 0 Å². The Bertz CT molecular complexity index is 1060. The lowest BCUT2D eigenvalue weighted by atomic mass is 9.94. The molecule has 1 fully saturated rings. The molecule has 0 aliphatic carbocycles. The number of sulfonamides is 1. The molecule has 2 aromatic carbocycles. The predicted octanol–water partition coefficient (Wildman–Crippen LogP) is 4.96. The van der Waals surface area contributed by atoms with E-state index < -0.39 is 10.0 Å². The van der Waals surface area contributed by atoms with Gasteiger partial charge in [0.1, 0.15) is 0 Å². The second-order valence-electron chi connectivity index (χ2n) is 8.54. The zero-order chi connectivity index (χ0) is 24.7. The van der Waals surface area contributed by atoms with Gasteiger partial charge in [0.15, 0.2) is 0 Å². The minimum absolute atomic E-state index is 0.0105. The van der Waals surface area contributed by atoms with Crippen LogP contribution in [0, 0.1) is 0 Å². The summed E-state index contributed by atoms with van der Waals surface area (Å²) in [6.07, 6.45) is 3.58. The van der Waals surface area contributed by atoms with Crippen LogP contribution in [0.15, 0.2) is 42.5 Å². The van der Waals surface area contributed by atoms with Gasteiger partial charge in [-0.2, -0.15) is 0 Å². The minimum atomic E-state index is -3.19. The normalized spacial score (nSPS) is 16.2. The van der Waals surface area contributed by atoms with E-state index in [1.807, 2.05) is 24.3 Å². The van der Waals surface area contributed by atoms with Gasteiger partial charge in [0.25, 0.3) is 0 Å². The summed E-state index contributed by atoms with van der Waals surface area (Å²) in [7, 11) is -3.19. The molecule has 1 unspecified atom stereocenters. The first kappa shape index (κ1) is 27.0. The lowest BCUT2D eigenvalue weighted by Gasteiger charge is -2.33. The predicted molar refractivity (Wildman–Crippen MR) is 140 cm³/mol. The first-order chi connectivity index (χ1) is 16.1. The Hall–Kier alpha value is -1.55. The van der Waals surface area contributed by atoms with Gasteiger partial charge in [-0.15, -0.1) is 0 Å². The summed E-state index contributed by atoms with van der Waals surface area (Å²) < 4.78 is 25.6. The van der Waals surface area contributed by atoms with Gasteiger partial charge in [-0.3, -0.25) is 0 Å². The molecule has 1 aliphatic rings. The molecule has 3 rings (SSSR count). The lowest BCUT2D eigenvalue weighted by Crippen LogP contribution is -2.44. The topological polar surface area (TPSA) is 90.5 Å². The number of piperidine rings is 1. The Labute approximate surface area is 216 Å². The molecular formula is C23H29Cl3N4O3S. The van der Waals surface area contributed by atoms with Crippen molar-refractivity contribution >= 4 is 56.5 Å². The van der Waals surface area contributed by atoms with E-state index >= 15 is 0 Å². The van der Waals surface area contributed by atoms with E-state index in [0.29, 0.717) is 27.3 Å². The molecule has 1 aliphatic heterocycles.